The summed E-state index contributed by atoms with van der Waals surface area (Å²) in [4.78, 5) is 13.7. The summed E-state index contributed by atoms with van der Waals surface area (Å²) in [6, 6.07) is 54.2. The van der Waals surface area contributed by atoms with E-state index in [4.69, 9.17) is 4.98 Å². The summed E-state index contributed by atoms with van der Waals surface area (Å²) >= 11 is 0. The molecule has 0 spiro atoms. The number of para-hydroxylation sites is 4. The average molecular weight is 640 g/mol. The molecular formula is C45H29N5. The van der Waals surface area contributed by atoms with Gasteiger partial charge in [0.15, 0.2) is 0 Å². The summed E-state index contributed by atoms with van der Waals surface area (Å²) in [6.07, 6.45) is 7.27. The third kappa shape index (κ3) is 4.52. The first-order valence-corrected chi connectivity index (χ1v) is 16.8. The van der Waals surface area contributed by atoms with E-state index in [1.54, 1.807) is 0 Å². The highest BCUT2D eigenvalue weighted by Gasteiger charge is 2.18. The topological polar surface area (TPSA) is 48.5 Å². The zero-order valence-electron chi connectivity index (χ0n) is 27.0. The van der Waals surface area contributed by atoms with E-state index in [1.165, 1.54) is 43.6 Å². The molecular weight excluding hydrogens is 611 g/mol. The molecule has 0 N–H and O–H groups in total. The van der Waals surface area contributed by atoms with Gasteiger partial charge in [-0.2, -0.15) is 0 Å². The Bertz CT molecular complexity index is 2570. The molecule has 0 atom stereocenters. The van der Waals surface area contributed by atoms with Gasteiger partial charge in [-0.25, -0.2) is 4.98 Å². The van der Waals surface area contributed by atoms with Gasteiger partial charge in [0, 0.05) is 68.8 Å². The van der Waals surface area contributed by atoms with Crippen LogP contribution in [0.15, 0.2) is 176 Å². The Labute approximate surface area is 288 Å². The standard InChI is InChI=1S/C45H29N5/c1-5-13-42-36(9-1)37-10-2-6-14-43(37)49(42)34-25-32(26-35(29-34)50-44-15-7-3-11-38(44)39-12-4-8-16-45(39)50)33-27-40(30-17-21-46-22-18-30)48-41(28-33)31-19-23-47-24-20-31/h1-29H. The molecule has 0 aliphatic rings. The zero-order valence-corrected chi connectivity index (χ0v) is 27.0. The highest BCUT2D eigenvalue weighted by molar-refractivity contribution is 6.10. The van der Waals surface area contributed by atoms with Crippen molar-refractivity contribution in [3.63, 3.8) is 0 Å². The second-order valence-electron chi connectivity index (χ2n) is 12.6. The molecule has 5 heterocycles. The predicted octanol–water partition coefficient (Wildman–Crippen LogP) is 11.1. The maximum atomic E-state index is 5.14. The fraction of sp³-hybridized carbons (Fsp3) is 0. The van der Waals surface area contributed by atoms with Crippen LogP contribution in [0.2, 0.25) is 0 Å². The number of hydrogen-bond donors (Lipinski definition) is 0. The van der Waals surface area contributed by atoms with Gasteiger partial charge in [-0.1, -0.05) is 72.8 Å². The maximum absolute atomic E-state index is 5.14. The second kappa shape index (κ2) is 11.4. The first-order chi connectivity index (χ1) is 24.8. The molecule has 5 nitrogen and oxygen atoms in total. The highest BCUT2D eigenvalue weighted by Crippen LogP contribution is 2.39. The Kier molecular flexibility index (Phi) is 6.42. The molecule has 10 rings (SSSR count). The minimum atomic E-state index is 0.886. The Morgan fingerprint density at radius 2 is 0.660 bits per heavy atom. The van der Waals surface area contributed by atoms with E-state index in [0.717, 1.165) is 45.0 Å². The van der Waals surface area contributed by atoms with Crippen molar-refractivity contribution in [2.24, 2.45) is 0 Å². The van der Waals surface area contributed by atoms with Crippen molar-refractivity contribution >= 4 is 43.6 Å². The van der Waals surface area contributed by atoms with Gasteiger partial charge >= 0.3 is 0 Å². The van der Waals surface area contributed by atoms with E-state index in [1.807, 2.05) is 49.1 Å². The molecule has 0 fully saturated rings. The molecule has 0 unspecified atom stereocenters. The van der Waals surface area contributed by atoms with Crippen molar-refractivity contribution < 1.29 is 0 Å². The Hall–Kier alpha value is -6.85. The molecule has 5 aromatic heterocycles. The predicted molar refractivity (Wildman–Crippen MR) is 205 cm³/mol. The third-order valence-corrected chi connectivity index (χ3v) is 9.69. The van der Waals surface area contributed by atoms with Gasteiger partial charge in [0.1, 0.15) is 0 Å². The minimum absolute atomic E-state index is 0.886. The third-order valence-electron chi connectivity index (χ3n) is 9.69. The number of nitrogens with zero attached hydrogens (tertiary/aromatic N) is 5. The molecule has 0 aliphatic carbocycles. The smallest absolute Gasteiger partial charge is 0.0716 e. The van der Waals surface area contributed by atoms with E-state index < -0.39 is 0 Å². The number of rotatable bonds is 5. The van der Waals surface area contributed by atoms with Crippen molar-refractivity contribution in [3.8, 4) is 45.0 Å². The van der Waals surface area contributed by atoms with Crippen molar-refractivity contribution in [2.45, 2.75) is 0 Å². The van der Waals surface area contributed by atoms with Crippen LogP contribution >= 0.6 is 0 Å². The molecule has 50 heavy (non-hydrogen) atoms. The van der Waals surface area contributed by atoms with Gasteiger partial charge in [0.25, 0.3) is 0 Å². The quantitative estimate of drug-likeness (QED) is 0.188. The molecule has 10 aromatic rings. The van der Waals surface area contributed by atoms with Crippen LogP contribution in [-0.4, -0.2) is 24.1 Å². The second-order valence-corrected chi connectivity index (χ2v) is 12.6. The van der Waals surface area contributed by atoms with Crippen molar-refractivity contribution in [3.05, 3.63) is 176 Å². The monoisotopic (exact) mass is 639 g/mol. The van der Waals surface area contributed by atoms with Crippen LogP contribution in [0.1, 0.15) is 0 Å². The van der Waals surface area contributed by atoms with E-state index in [0.29, 0.717) is 0 Å². The maximum Gasteiger partial charge on any atom is 0.0716 e. The Morgan fingerprint density at radius 1 is 0.320 bits per heavy atom. The summed E-state index contributed by atoms with van der Waals surface area (Å²) in [5.74, 6) is 0. The van der Waals surface area contributed by atoms with Crippen molar-refractivity contribution in [1.82, 2.24) is 24.1 Å². The van der Waals surface area contributed by atoms with Crippen molar-refractivity contribution in [2.75, 3.05) is 0 Å². The van der Waals surface area contributed by atoms with E-state index in [2.05, 4.69) is 146 Å². The molecule has 0 amide bonds. The van der Waals surface area contributed by atoms with Crippen LogP contribution in [0.25, 0.3) is 88.6 Å². The normalized spacial score (nSPS) is 11.6. The summed E-state index contributed by atoms with van der Waals surface area (Å²) < 4.78 is 4.81. The summed E-state index contributed by atoms with van der Waals surface area (Å²) in [6.45, 7) is 0. The molecule has 5 aromatic carbocycles. The van der Waals surface area contributed by atoms with Gasteiger partial charge in [0.2, 0.25) is 0 Å². The largest absolute Gasteiger partial charge is 0.309 e. The zero-order chi connectivity index (χ0) is 33.0. The molecule has 0 radical (unpaired) electrons. The minimum Gasteiger partial charge on any atom is -0.309 e. The SMILES string of the molecule is c1ccc2c(c1)c1ccccc1n2-c1cc(-c2cc(-c3ccncc3)nc(-c3ccncc3)c2)cc(-n2c3ccccc3c3ccccc32)c1. The molecule has 234 valence electrons. The first kappa shape index (κ1) is 28.2. The number of pyridine rings is 3. The Morgan fingerprint density at radius 3 is 1.04 bits per heavy atom. The number of fused-ring (bicyclic) bond motifs is 6. The molecule has 0 aliphatic heterocycles. The number of aromatic nitrogens is 5. The van der Waals surface area contributed by atoms with E-state index >= 15 is 0 Å². The summed E-state index contributed by atoms with van der Waals surface area (Å²) in [5, 5.41) is 4.93. The van der Waals surface area contributed by atoms with Crippen molar-refractivity contribution in [1.29, 1.82) is 0 Å². The molecule has 0 saturated carbocycles. The number of benzene rings is 5. The van der Waals surface area contributed by atoms with Crippen LogP contribution in [0, 0.1) is 0 Å². The van der Waals surface area contributed by atoms with Crippen LogP contribution < -0.4 is 0 Å². The molecule has 0 bridgehead atoms. The fourth-order valence-corrected chi connectivity index (χ4v) is 7.46. The van der Waals surface area contributed by atoms with Gasteiger partial charge in [-0.15, -0.1) is 0 Å². The van der Waals surface area contributed by atoms with Crippen LogP contribution in [-0.2, 0) is 0 Å². The summed E-state index contributed by atoms with van der Waals surface area (Å²) in [5.41, 5.74) is 12.8. The van der Waals surface area contributed by atoms with Gasteiger partial charge in [-0.3, -0.25) is 9.97 Å². The van der Waals surface area contributed by atoms with Crippen LogP contribution in [0.3, 0.4) is 0 Å². The lowest BCUT2D eigenvalue weighted by Crippen LogP contribution is -2.00. The van der Waals surface area contributed by atoms with Gasteiger partial charge < -0.3 is 9.13 Å². The highest BCUT2D eigenvalue weighted by atomic mass is 15.0. The van der Waals surface area contributed by atoms with E-state index in [9.17, 15) is 0 Å². The average Bonchev–Trinajstić information content (AvgIpc) is 3.71. The fourth-order valence-electron chi connectivity index (χ4n) is 7.46. The Balaban J connectivity index is 1.31. The van der Waals surface area contributed by atoms with Crippen LogP contribution in [0.5, 0.6) is 0 Å². The first-order valence-electron chi connectivity index (χ1n) is 16.8. The van der Waals surface area contributed by atoms with Gasteiger partial charge in [0.05, 0.1) is 33.5 Å². The lowest BCUT2D eigenvalue weighted by molar-refractivity contribution is 1.13. The summed E-state index contributed by atoms with van der Waals surface area (Å²) in [7, 11) is 0. The van der Waals surface area contributed by atoms with Gasteiger partial charge in [-0.05, 0) is 90.0 Å². The molecule has 5 heteroatoms. The molecule has 0 saturated heterocycles. The van der Waals surface area contributed by atoms with Crippen LogP contribution in [0.4, 0.5) is 0 Å². The lowest BCUT2D eigenvalue weighted by atomic mass is 9.99. The number of hydrogen-bond acceptors (Lipinski definition) is 3. The van der Waals surface area contributed by atoms with E-state index in [-0.39, 0.29) is 0 Å². The lowest BCUT2D eigenvalue weighted by Gasteiger charge is -2.17.